The number of H-pyrrole nitrogens is 1. The number of hydrogen-bond acceptors (Lipinski definition) is 2. The molecule has 3 nitrogen and oxygen atoms in total. The van der Waals surface area contributed by atoms with Crippen LogP contribution in [0.5, 0.6) is 0 Å². The zero-order chi connectivity index (χ0) is 11.9. The molecule has 0 saturated heterocycles. The SMILES string of the molecule is c1ccc2c(c1)CCCC2c1nc(C2CC2)n[nH]1. The second kappa shape index (κ2) is 3.94. The predicted molar refractivity (Wildman–Crippen MR) is 69.6 cm³/mol. The molecular formula is C15H17N3. The number of nitrogens with one attached hydrogen (secondary N) is 1. The fourth-order valence-electron chi connectivity index (χ4n) is 3.01. The quantitative estimate of drug-likeness (QED) is 0.874. The molecule has 4 rings (SSSR count). The van der Waals surface area contributed by atoms with Crippen LogP contribution in [-0.4, -0.2) is 15.2 Å². The number of hydrogen-bond donors (Lipinski definition) is 1. The summed E-state index contributed by atoms with van der Waals surface area (Å²) < 4.78 is 0. The third-order valence-electron chi connectivity index (χ3n) is 4.16. The monoisotopic (exact) mass is 239 g/mol. The summed E-state index contributed by atoms with van der Waals surface area (Å²) >= 11 is 0. The van der Waals surface area contributed by atoms with Crippen LogP contribution in [0, 0.1) is 0 Å². The zero-order valence-corrected chi connectivity index (χ0v) is 10.4. The van der Waals surface area contributed by atoms with E-state index in [1.54, 1.807) is 0 Å². The summed E-state index contributed by atoms with van der Waals surface area (Å²) in [6, 6.07) is 8.77. The van der Waals surface area contributed by atoms with Gasteiger partial charge < -0.3 is 0 Å². The number of aromatic nitrogens is 3. The van der Waals surface area contributed by atoms with Gasteiger partial charge in [0.1, 0.15) is 5.82 Å². The molecule has 1 aromatic heterocycles. The largest absolute Gasteiger partial charge is 0.263 e. The van der Waals surface area contributed by atoms with Crippen molar-refractivity contribution in [1.29, 1.82) is 0 Å². The van der Waals surface area contributed by atoms with Gasteiger partial charge in [-0.15, -0.1) is 0 Å². The molecule has 0 spiro atoms. The van der Waals surface area contributed by atoms with E-state index >= 15 is 0 Å². The molecule has 1 saturated carbocycles. The lowest BCUT2D eigenvalue weighted by atomic mass is 9.82. The van der Waals surface area contributed by atoms with Crippen LogP contribution in [0.1, 0.15) is 60.3 Å². The van der Waals surface area contributed by atoms with Crippen molar-refractivity contribution in [2.24, 2.45) is 0 Å². The third-order valence-corrected chi connectivity index (χ3v) is 4.16. The van der Waals surface area contributed by atoms with Gasteiger partial charge in [0.2, 0.25) is 0 Å². The van der Waals surface area contributed by atoms with E-state index in [1.807, 2.05) is 0 Å². The van der Waals surface area contributed by atoms with Gasteiger partial charge in [-0.05, 0) is 43.2 Å². The topological polar surface area (TPSA) is 41.6 Å². The molecule has 0 aliphatic heterocycles. The Balaban J connectivity index is 1.71. The number of aryl methyl sites for hydroxylation is 1. The van der Waals surface area contributed by atoms with E-state index in [0.29, 0.717) is 11.8 Å². The molecule has 1 N–H and O–H groups in total. The zero-order valence-electron chi connectivity index (χ0n) is 10.4. The molecule has 1 unspecified atom stereocenters. The van der Waals surface area contributed by atoms with Gasteiger partial charge in [0.05, 0.1) is 0 Å². The average molecular weight is 239 g/mol. The first-order chi connectivity index (χ1) is 8.92. The number of benzene rings is 1. The van der Waals surface area contributed by atoms with Gasteiger partial charge in [-0.1, -0.05) is 24.3 Å². The van der Waals surface area contributed by atoms with Crippen molar-refractivity contribution in [1.82, 2.24) is 15.2 Å². The van der Waals surface area contributed by atoms with Crippen LogP contribution in [-0.2, 0) is 6.42 Å². The summed E-state index contributed by atoms with van der Waals surface area (Å²) in [4.78, 5) is 4.73. The fraction of sp³-hybridized carbons (Fsp3) is 0.467. The Morgan fingerprint density at radius 1 is 1.11 bits per heavy atom. The molecule has 2 aliphatic carbocycles. The van der Waals surface area contributed by atoms with Gasteiger partial charge in [-0.25, -0.2) is 4.98 Å². The van der Waals surface area contributed by atoms with E-state index in [-0.39, 0.29) is 0 Å². The lowest BCUT2D eigenvalue weighted by molar-refractivity contribution is 0.592. The van der Waals surface area contributed by atoms with Crippen molar-refractivity contribution in [3.05, 3.63) is 47.0 Å². The number of fused-ring (bicyclic) bond motifs is 1. The Bertz CT molecular complexity index is 569. The molecule has 1 aromatic carbocycles. The summed E-state index contributed by atoms with van der Waals surface area (Å²) in [5, 5.41) is 7.57. The molecule has 3 heteroatoms. The fourth-order valence-corrected chi connectivity index (χ4v) is 3.01. The molecule has 2 aliphatic rings. The molecule has 0 bridgehead atoms. The Kier molecular flexibility index (Phi) is 2.25. The van der Waals surface area contributed by atoms with Crippen LogP contribution in [0.15, 0.2) is 24.3 Å². The molecule has 0 amide bonds. The van der Waals surface area contributed by atoms with E-state index < -0.39 is 0 Å². The van der Waals surface area contributed by atoms with Crippen molar-refractivity contribution in [3.63, 3.8) is 0 Å². The number of aromatic amines is 1. The summed E-state index contributed by atoms with van der Waals surface area (Å²) in [6.07, 6.45) is 6.17. The minimum atomic E-state index is 0.426. The molecule has 18 heavy (non-hydrogen) atoms. The van der Waals surface area contributed by atoms with Gasteiger partial charge in [0, 0.05) is 11.8 Å². The molecular weight excluding hydrogens is 222 g/mol. The molecule has 1 fully saturated rings. The smallest absolute Gasteiger partial charge is 0.153 e. The Hall–Kier alpha value is -1.64. The summed E-state index contributed by atoms with van der Waals surface area (Å²) in [5.74, 6) is 3.17. The Morgan fingerprint density at radius 2 is 2.00 bits per heavy atom. The summed E-state index contributed by atoms with van der Waals surface area (Å²) in [7, 11) is 0. The van der Waals surface area contributed by atoms with Gasteiger partial charge in [-0.3, -0.25) is 5.10 Å². The highest BCUT2D eigenvalue weighted by molar-refractivity contribution is 5.36. The first-order valence-electron chi connectivity index (χ1n) is 6.92. The van der Waals surface area contributed by atoms with Crippen molar-refractivity contribution < 1.29 is 0 Å². The van der Waals surface area contributed by atoms with Crippen molar-refractivity contribution in [2.45, 2.75) is 43.9 Å². The lowest BCUT2D eigenvalue weighted by Crippen LogP contribution is -2.12. The van der Waals surface area contributed by atoms with Crippen LogP contribution in [0.2, 0.25) is 0 Å². The standard InChI is InChI=1S/C15H17N3/c1-2-6-12-10(4-1)5-3-7-13(12)15-16-14(17-18-15)11-8-9-11/h1-2,4,6,11,13H,3,5,7-9H2,(H,16,17,18). The summed E-state index contributed by atoms with van der Waals surface area (Å²) in [5.41, 5.74) is 2.93. The lowest BCUT2D eigenvalue weighted by Gasteiger charge is -2.23. The first kappa shape index (κ1) is 10.3. The highest BCUT2D eigenvalue weighted by Gasteiger charge is 2.30. The maximum absolute atomic E-state index is 4.73. The molecule has 2 aromatic rings. The van der Waals surface area contributed by atoms with Crippen LogP contribution >= 0.6 is 0 Å². The number of rotatable bonds is 2. The van der Waals surface area contributed by atoms with Gasteiger partial charge >= 0.3 is 0 Å². The van der Waals surface area contributed by atoms with E-state index in [9.17, 15) is 0 Å². The molecule has 1 heterocycles. The average Bonchev–Trinajstić information content (AvgIpc) is 3.16. The Labute approximate surface area is 107 Å². The van der Waals surface area contributed by atoms with Crippen LogP contribution in [0.3, 0.4) is 0 Å². The third kappa shape index (κ3) is 1.65. The maximum atomic E-state index is 4.73. The molecule has 1 atom stereocenters. The summed E-state index contributed by atoms with van der Waals surface area (Å²) in [6.45, 7) is 0. The maximum Gasteiger partial charge on any atom is 0.153 e. The highest BCUT2D eigenvalue weighted by atomic mass is 15.2. The Morgan fingerprint density at radius 3 is 2.89 bits per heavy atom. The van der Waals surface area contributed by atoms with Crippen LogP contribution < -0.4 is 0 Å². The van der Waals surface area contributed by atoms with E-state index in [2.05, 4.69) is 34.5 Å². The van der Waals surface area contributed by atoms with E-state index in [0.717, 1.165) is 11.6 Å². The first-order valence-corrected chi connectivity index (χ1v) is 6.92. The van der Waals surface area contributed by atoms with Gasteiger partial charge in [-0.2, -0.15) is 5.10 Å². The van der Waals surface area contributed by atoms with E-state index in [4.69, 9.17) is 4.98 Å². The normalized spacial score (nSPS) is 22.8. The highest BCUT2D eigenvalue weighted by Crippen LogP contribution is 2.40. The van der Waals surface area contributed by atoms with Gasteiger partial charge in [0.25, 0.3) is 0 Å². The second-order valence-electron chi connectivity index (χ2n) is 5.50. The van der Waals surface area contributed by atoms with Crippen molar-refractivity contribution in [2.75, 3.05) is 0 Å². The molecule has 0 radical (unpaired) electrons. The van der Waals surface area contributed by atoms with E-state index in [1.165, 1.54) is 43.2 Å². The minimum absolute atomic E-state index is 0.426. The van der Waals surface area contributed by atoms with Crippen LogP contribution in [0.25, 0.3) is 0 Å². The second-order valence-corrected chi connectivity index (χ2v) is 5.50. The predicted octanol–water partition coefficient (Wildman–Crippen LogP) is 3.15. The van der Waals surface area contributed by atoms with Crippen molar-refractivity contribution >= 4 is 0 Å². The van der Waals surface area contributed by atoms with Gasteiger partial charge in [0.15, 0.2) is 5.82 Å². The molecule has 92 valence electrons. The van der Waals surface area contributed by atoms with Crippen LogP contribution in [0.4, 0.5) is 0 Å². The minimum Gasteiger partial charge on any atom is -0.263 e. The number of nitrogens with zero attached hydrogens (tertiary/aromatic N) is 2. The van der Waals surface area contributed by atoms with Crippen molar-refractivity contribution in [3.8, 4) is 0 Å².